The Bertz CT molecular complexity index is 83.3. The topological polar surface area (TPSA) is 46.5 Å². The highest BCUT2D eigenvalue weighted by Crippen LogP contribution is 2.03. The molecule has 0 fully saturated rings. The van der Waals surface area contributed by atoms with Gasteiger partial charge in [-0.25, -0.2) is 0 Å². The molecule has 0 saturated heterocycles. The smallest absolute Gasteiger partial charge is 0.315 e. The van der Waals surface area contributed by atoms with Gasteiger partial charge in [0, 0.05) is 7.11 Å². The Kier molecular flexibility index (Phi) is 27.1. The number of ether oxygens (including phenoxy) is 1. The second-order valence-corrected chi connectivity index (χ2v) is 3.28. The highest BCUT2D eigenvalue weighted by Gasteiger charge is 1.88. The average Bonchev–Trinajstić information content (AvgIpc) is 2.06. The molecule has 7 heteroatoms. The Balaban J connectivity index is -0.000000118. The molecule has 0 aliphatic heterocycles. The van der Waals surface area contributed by atoms with E-state index < -0.39 is 4.30 Å². The first-order valence-corrected chi connectivity index (χ1v) is 4.53. The van der Waals surface area contributed by atoms with Crippen molar-refractivity contribution in [2.24, 2.45) is 0 Å². The zero-order chi connectivity index (χ0) is 10.6. The van der Waals surface area contributed by atoms with E-state index >= 15 is 0 Å². The van der Waals surface area contributed by atoms with Crippen LogP contribution in [0.25, 0.3) is 0 Å². The van der Waals surface area contributed by atoms with E-state index in [4.69, 9.17) is 39.9 Å². The lowest BCUT2D eigenvalue weighted by atomic mass is 10.8. The van der Waals surface area contributed by atoms with E-state index in [1.807, 2.05) is 0 Å². The third-order valence-corrected chi connectivity index (χ3v) is 0.615. The van der Waals surface area contributed by atoms with E-state index in [-0.39, 0.29) is 11.7 Å². The minimum atomic E-state index is -0.750. The highest BCUT2D eigenvalue weighted by molar-refractivity contribution is 7.81. The first-order valence-electron chi connectivity index (χ1n) is 2.59. The lowest BCUT2D eigenvalue weighted by molar-refractivity contribution is -0.137. The van der Waals surface area contributed by atoms with Gasteiger partial charge in [-0.2, -0.15) is 12.6 Å². The molecule has 0 bridgehead atoms. The van der Waals surface area contributed by atoms with Crippen molar-refractivity contribution in [1.29, 1.82) is 0 Å². The van der Waals surface area contributed by atoms with Gasteiger partial charge in [0.2, 0.25) is 0 Å². The Labute approximate surface area is 92.3 Å². The molecule has 76 valence electrons. The van der Waals surface area contributed by atoms with E-state index in [0.29, 0.717) is 0 Å². The molecule has 0 aromatic carbocycles. The Morgan fingerprint density at radius 1 is 1.50 bits per heavy atom. The van der Waals surface area contributed by atoms with Crippen LogP contribution in [0.5, 0.6) is 0 Å². The van der Waals surface area contributed by atoms with Crippen molar-refractivity contribution in [3.05, 3.63) is 0 Å². The van der Waals surface area contributed by atoms with Crippen molar-refractivity contribution in [1.82, 2.24) is 0 Å². The second kappa shape index (κ2) is 17.7. The summed E-state index contributed by atoms with van der Waals surface area (Å²) in [6, 6.07) is 0. The Hall–Kier alpha value is 0.650. The fraction of sp³-hybridized carbons (Fsp3) is 0.800. The van der Waals surface area contributed by atoms with Crippen molar-refractivity contribution >= 4 is 53.4 Å². The maximum atomic E-state index is 9.88. The molecule has 0 atom stereocenters. The number of carbonyl (C=O) groups excluding carboxylic acids is 1. The number of thiol groups is 1. The van der Waals surface area contributed by atoms with Crippen molar-refractivity contribution in [3.8, 4) is 0 Å². The number of halogens is 3. The zero-order valence-corrected chi connectivity index (χ0v) is 9.79. The van der Waals surface area contributed by atoms with E-state index in [1.54, 1.807) is 0 Å². The number of hydrogen-bond acceptors (Lipinski definition) is 4. The molecule has 0 amide bonds. The molecule has 3 nitrogen and oxygen atoms in total. The molecule has 0 aliphatic rings. The number of carbonyl (C=O) groups is 1. The van der Waals surface area contributed by atoms with Crippen molar-refractivity contribution in [3.63, 3.8) is 0 Å². The van der Waals surface area contributed by atoms with Crippen molar-refractivity contribution in [2.45, 2.75) is 4.30 Å². The van der Waals surface area contributed by atoms with Gasteiger partial charge < -0.3 is 9.84 Å². The molecule has 0 spiro atoms. The van der Waals surface area contributed by atoms with Crippen molar-refractivity contribution < 1.29 is 14.6 Å². The van der Waals surface area contributed by atoms with E-state index in [2.05, 4.69) is 17.4 Å². The molecule has 0 heterocycles. The number of rotatable bonds is 1. The summed E-state index contributed by atoms with van der Waals surface area (Å²) in [6.45, 7) is 0. The summed E-state index contributed by atoms with van der Waals surface area (Å²) in [5, 5.41) is 7.00. The molecular formula is C5H11Cl3O3S. The third-order valence-electron chi connectivity index (χ3n) is 0.357. The Morgan fingerprint density at radius 3 is 1.75 bits per heavy atom. The SMILES string of the molecule is CO.COC(=O)CS.ClC(Cl)Cl. The van der Waals surface area contributed by atoms with Crippen LogP contribution < -0.4 is 0 Å². The molecule has 0 unspecified atom stereocenters. The fourth-order valence-corrected chi connectivity index (χ4v) is 0.194. The molecule has 0 aromatic heterocycles. The van der Waals surface area contributed by atoms with Gasteiger partial charge in [0.25, 0.3) is 0 Å². The van der Waals surface area contributed by atoms with Crippen LogP contribution >= 0.6 is 47.4 Å². The van der Waals surface area contributed by atoms with Crippen LogP contribution in [-0.2, 0) is 9.53 Å². The Morgan fingerprint density at radius 2 is 1.75 bits per heavy atom. The lowest BCUT2D eigenvalue weighted by Gasteiger charge is -1.86. The van der Waals surface area contributed by atoms with Gasteiger partial charge in [-0.15, -0.1) is 0 Å². The van der Waals surface area contributed by atoms with Gasteiger partial charge in [0.1, 0.15) is 0 Å². The first kappa shape index (κ1) is 18.4. The molecule has 0 saturated carbocycles. The molecular weight excluding hydrogens is 246 g/mol. The number of aliphatic hydroxyl groups is 1. The molecule has 0 rings (SSSR count). The number of hydrogen-bond donors (Lipinski definition) is 2. The van der Waals surface area contributed by atoms with Gasteiger partial charge in [0.15, 0.2) is 4.30 Å². The maximum Gasteiger partial charge on any atom is 0.315 e. The van der Waals surface area contributed by atoms with Crippen LogP contribution in [0.15, 0.2) is 0 Å². The predicted octanol–water partition coefficient (Wildman–Crippen LogP) is 1.68. The van der Waals surface area contributed by atoms with Crippen LogP contribution in [0, 0.1) is 0 Å². The minimum absolute atomic E-state index is 0.163. The summed E-state index contributed by atoms with van der Waals surface area (Å²) in [6.07, 6.45) is 0. The summed E-state index contributed by atoms with van der Waals surface area (Å²) in [4.78, 5) is 9.88. The average molecular weight is 258 g/mol. The highest BCUT2D eigenvalue weighted by atomic mass is 35.6. The quantitative estimate of drug-likeness (QED) is 0.427. The number of alkyl halides is 3. The summed E-state index contributed by atoms with van der Waals surface area (Å²) in [7, 11) is 2.33. The van der Waals surface area contributed by atoms with Gasteiger partial charge in [-0.3, -0.25) is 4.79 Å². The van der Waals surface area contributed by atoms with Crippen LogP contribution in [-0.4, -0.2) is 35.3 Å². The van der Waals surface area contributed by atoms with Crippen molar-refractivity contribution in [2.75, 3.05) is 20.0 Å². The fourth-order valence-electron chi connectivity index (χ4n) is 0.0645. The molecule has 0 radical (unpaired) electrons. The summed E-state index contributed by atoms with van der Waals surface area (Å²) in [5.74, 6) is -0.130. The summed E-state index contributed by atoms with van der Waals surface area (Å²) >= 11 is 18.0. The zero-order valence-electron chi connectivity index (χ0n) is 6.63. The monoisotopic (exact) mass is 256 g/mol. The van der Waals surface area contributed by atoms with E-state index in [0.717, 1.165) is 7.11 Å². The van der Waals surface area contributed by atoms with Gasteiger partial charge in [-0.1, -0.05) is 34.8 Å². The first-order chi connectivity index (χ1) is 5.54. The van der Waals surface area contributed by atoms with Crippen LogP contribution in [0.4, 0.5) is 0 Å². The third kappa shape index (κ3) is 45.9. The molecule has 1 N–H and O–H groups in total. The summed E-state index contributed by atoms with van der Waals surface area (Å²) in [5.41, 5.74) is 0. The van der Waals surface area contributed by atoms with Crippen LogP contribution in [0.2, 0.25) is 0 Å². The van der Waals surface area contributed by atoms with Gasteiger partial charge in [-0.05, 0) is 0 Å². The van der Waals surface area contributed by atoms with Crippen LogP contribution in [0.3, 0.4) is 0 Å². The normalized spacial score (nSPS) is 7.33. The largest absolute Gasteiger partial charge is 0.468 e. The predicted molar refractivity (Wildman–Crippen MR) is 55.4 cm³/mol. The number of aliphatic hydroxyl groups excluding tert-OH is 1. The maximum absolute atomic E-state index is 9.88. The van der Waals surface area contributed by atoms with E-state index in [1.165, 1.54) is 7.11 Å². The molecule has 12 heavy (non-hydrogen) atoms. The second-order valence-electron chi connectivity index (χ2n) is 0.982. The number of methoxy groups -OCH3 is 1. The lowest BCUT2D eigenvalue weighted by Crippen LogP contribution is -1.99. The standard InChI is InChI=1S/C3H6O2S.CHCl3.CH4O/c1-5-3(4)2-6;2-1(3)4;1-2/h6H,2H2,1H3;1H;2H,1H3. The van der Waals surface area contributed by atoms with Crippen LogP contribution in [0.1, 0.15) is 0 Å². The van der Waals surface area contributed by atoms with Gasteiger partial charge >= 0.3 is 5.97 Å². The minimum Gasteiger partial charge on any atom is -0.468 e. The molecule has 0 aromatic rings. The van der Waals surface area contributed by atoms with Gasteiger partial charge in [0.05, 0.1) is 12.9 Å². The summed E-state index contributed by atoms with van der Waals surface area (Å²) < 4.78 is 3.43. The molecule has 0 aliphatic carbocycles. The number of esters is 1. The van der Waals surface area contributed by atoms with E-state index in [9.17, 15) is 4.79 Å².